The number of aromatic amines is 1. The molecule has 0 saturated carbocycles. The fourth-order valence-corrected chi connectivity index (χ4v) is 3.30. The highest BCUT2D eigenvalue weighted by Gasteiger charge is 2.20. The van der Waals surface area contributed by atoms with Crippen molar-refractivity contribution in [1.29, 1.82) is 0 Å². The SMILES string of the molecule is Cc1ccc(CNC2CCc3cn[nH]c3C2)c(-n2cc(Cl)cn2)n1. The van der Waals surface area contributed by atoms with Gasteiger partial charge in [-0.05, 0) is 31.4 Å². The summed E-state index contributed by atoms with van der Waals surface area (Å²) < 4.78 is 1.74. The van der Waals surface area contributed by atoms with E-state index in [-0.39, 0.29) is 0 Å². The number of hydrogen-bond donors (Lipinski definition) is 2. The molecule has 1 atom stereocenters. The van der Waals surface area contributed by atoms with E-state index in [2.05, 4.69) is 31.7 Å². The number of H-pyrrole nitrogens is 1. The normalized spacial score (nSPS) is 17.0. The maximum absolute atomic E-state index is 6.00. The number of aromatic nitrogens is 5. The molecule has 6 nitrogen and oxygen atoms in total. The Morgan fingerprint density at radius 3 is 3.12 bits per heavy atom. The van der Waals surface area contributed by atoms with E-state index in [1.54, 1.807) is 17.1 Å². The fourth-order valence-electron chi connectivity index (χ4n) is 3.16. The number of nitrogens with zero attached hydrogens (tertiary/aromatic N) is 4. The third-order valence-electron chi connectivity index (χ3n) is 4.46. The molecule has 3 aromatic rings. The number of hydrogen-bond acceptors (Lipinski definition) is 4. The van der Waals surface area contributed by atoms with Crippen LogP contribution in [0.5, 0.6) is 0 Å². The summed E-state index contributed by atoms with van der Waals surface area (Å²) in [4.78, 5) is 4.63. The zero-order chi connectivity index (χ0) is 16.5. The second-order valence-corrected chi connectivity index (χ2v) is 6.67. The molecule has 0 saturated heterocycles. The number of rotatable bonds is 4. The molecule has 1 unspecified atom stereocenters. The molecule has 0 radical (unpaired) electrons. The predicted molar refractivity (Wildman–Crippen MR) is 92.3 cm³/mol. The van der Waals surface area contributed by atoms with Crippen LogP contribution in [0.4, 0.5) is 0 Å². The number of halogens is 1. The van der Waals surface area contributed by atoms with E-state index in [1.807, 2.05) is 19.2 Å². The van der Waals surface area contributed by atoms with Crippen molar-refractivity contribution in [2.75, 3.05) is 0 Å². The largest absolute Gasteiger partial charge is 0.309 e. The van der Waals surface area contributed by atoms with Crippen LogP contribution in [-0.2, 0) is 19.4 Å². The summed E-state index contributed by atoms with van der Waals surface area (Å²) in [5.41, 5.74) is 4.66. The maximum atomic E-state index is 6.00. The maximum Gasteiger partial charge on any atom is 0.158 e. The molecular formula is C17H19ClN6. The van der Waals surface area contributed by atoms with Gasteiger partial charge in [0.05, 0.1) is 23.6 Å². The lowest BCUT2D eigenvalue weighted by Gasteiger charge is -2.23. The summed E-state index contributed by atoms with van der Waals surface area (Å²) in [5.74, 6) is 0.826. The first-order valence-corrected chi connectivity index (χ1v) is 8.48. The number of fused-ring (bicyclic) bond motifs is 1. The van der Waals surface area contributed by atoms with Crippen LogP contribution in [0.25, 0.3) is 5.82 Å². The topological polar surface area (TPSA) is 71.4 Å². The second kappa shape index (κ2) is 6.37. The molecule has 2 N–H and O–H groups in total. The monoisotopic (exact) mass is 342 g/mol. The average Bonchev–Trinajstić information content (AvgIpc) is 3.21. The smallest absolute Gasteiger partial charge is 0.158 e. The molecule has 1 aliphatic rings. The number of aryl methyl sites for hydroxylation is 2. The summed E-state index contributed by atoms with van der Waals surface area (Å²) in [6.45, 7) is 2.72. The molecule has 0 bridgehead atoms. The third-order valence-corrected chi connectivity index (χ3v) is 4.66. The van der Waals surface area contributed by atoms with Crippen LogP contribution in [0.2, 0.25) is 5.02 Å². The van der Waals surface area contributed by atoms with Gasteiger partial charge in [-0.25, -0.2) is 9.67 Å². The van der Waals surface area contributed by atoms with Gasteiger partial charge >= 0.3 is 0 Å². The van der Waals surface area contributed by atoms with Gasteiger partial charge < -0.3 is 5.32 Å². The van der Waals surface area contributed by atoms with Gasteiger partial charge in [0.15, 0.2) is 5.82 Å². The Morgan fingerprint density at radius 1 is 1.38 bits per heavy atom. The minimum Gasteiger partial charge on any atom is -0.309 e. The van der Waals surface area contributed by atoms with Gasteiger partial charge in [-0.15, -0.1) is 0 Å². The Kier molecular flexibility index (Phi) is 4.08. The van der Waals surface area contributed by atoms with Crippen LogP contribution in [0.15, 0.2) is 30.7 Å². The molecule has 0 aromatic carbocycles. The van der Waals surface area contributed by atoms with Gasteiger partial charge in [0.25, 0.3) is 0 Å². The van der Waals surface area contributed by atoms with E-state index in [4.69, 9.17) is 11.6 Å². The fraction of sp³-hybridized carbons (Fsp3) is 0.353. The summed E-state index contributed by atoms with van der Waals surface area (Å²) in [5, 5.41) is 15.8. The molecule has 0 amide bonds. The van der Waals surface area contributed by atoms with Crippen molar-refractivity contribution in [3.8, 4) is 5.82 Å². The van der Waals surface area contributed by atoms with Crippen LogP contribution in [0, 0.1) is 6.92 Å². The molecule has 124 valence electrons. The van der Waals surface area contributed by atoms with Gasteiger partial charge in [0, 0.05) is 36.0 Å². The minimum absolute atomic E-state index is 0.438. The highest BCUT2D eigenvalue weighted by molar-refractivity contribution is 6.30. The van der Waals surface area contributed by atoms with E-state index >= 15 is 0 Å². The minimum atomic E-state index is 0.438. The molecule has 0 fully saturated rings. The Balaban J connectivity index is 1.51. The molecular weight excluding hydrogens is 324 g/mol. The molecule has 7 heteroatoms. The Bertz CT molecular complexity index is 852. The van der Waals surface area contributed by atoms with Crippen LogP contribution in [0.1, 0.15) is 28.9 Å². The summed E-state index contributed by atoms with van der Waals surface area (Å²) >= 11 is 6.00. The number of pyridine rings is 1. The van der Waals surface area contributed by atoms with Crippen LogP contribution in [0.3, 0.4) is 0 Å². The van der Waals surface area contributed by atoms with Crippen LogP contribution in [-0.4, -0.2) is 31.0 Å². The van der Waals surface area contributed by atoms with E-state index in [0.29, 0.717) is 11.1 Å². The first kappa shape index (κ1) is 15.4. The van der Waals surface area contributed by atoms with Crippen molar-refractivity contribution in [3.05, 3.63) is 58.3 Å². The van der Waals surface area contributed by atoms with Crippen molar-refractivity contribution < 1.29 is 0 Å². The van der Waals surface area contributed by atoms with Crippen LogP contribution >= 0.6 is 11.6 Å². The highest BCUT2D eigenvalue weighted by Crippen LogP contribution is 2.20. The van der Waals surface area contributed by atoms with Gasteiger partial charge in [-0.2, -0.15) is 10.2 Å². The lowest BCUT2D eigenvalue weighted by molar-refractivity contribution is 0.453. The van der Waals surface area contributed by atoms with Crippen molar-refractivity contribution in [2.45, 2.75) is 38.8 Å². The van der Waals surface area contributed by atoms with E-state index in [9.17, 15) is 0 Å². The zero-order valence-corrected chi connectivity index (χ0v) is 14.2. The molecule has 3 heterocycles. The lowest BCUT2D eigenvalue weighted by Crippen LogP contribution is -2.34. The Morgan fingerprint density at radius 2 is 2.29 bits per heavy atom. The van der Waals surface area contributed by atoms with E-state index in [0.717, 1.165) is 42.9 Å². The first-order chi connectivity index (χ1) is 11.7. The quantitative estimate of drug-likeness (QED) is 0.764. The standard InChI is InChI=1S/C17H19ClN6/c1-11-2-3-13(17(22-11)24-10-14(18)9-21-24)7-19-15-5-4-12-8-20-23-16(12)6-15/h2-3,8-10,15,19H,4-7H2,1H3,(H,20,23). The predicted octanol–water partition coefficient (Wildman–Crippen LogP) is 2.60. The zero-order valence-electron chi connectivity index (χ0n) is 13.5. The third kappa shape index (κ3) is 3.07. The van der Waals surface area contributed by atoms with Gasteiger partial charge in [0.2, 0.25) is 0 Å². The number of nitrogens with one attached hydrogen (secondary N) is 2. The van der Waals surface area contributed by atoms with Gasteiger partial charge in [-0.1, -0.05) is 17.7 Å². The van der Waals surface area contributed by atoms with Crippen molar-refractivity contribution in [3.63, 3.8) is 0 Å². The van der Waals surface area contributed by atoms with E-state index in [1.165, 1.54) is 11.3 Å². The van der Waals surface area contributed by atoms with Gasteiger partial charge in [-0.3, -0.25) is 5.10 Å². The molecule has 0 aliphatic heterocycles. The van der Waals surface area contributed by atoms with Crippen molar-refractivity contribution in [1.82, 2.24) is 30.3 Å². The Hall–Kier alpha value is -2.18. The summed E-state index contributed by atoms with van der Waals surface area (Å²) in [6, 6.07) is 4.57. The van der Waals surface area contributed by atoms with E-state index < -0.39 is 0 Å². The Labute approximate surface area is 145 Å². The van der Waals surface area contributed by atoms with Crippen LogP contribution < -0.4 is 5.32 Å². The first-order valence-electron chi connectivity index (χ1n) is 8.10. The van der Waals surface area contributed by atoms with Crippen molar-refractivity contribution >= 4 is 11.6 Å². The lowest BCUT2D eigenvalue weighted by atomic mass is 9.93. The summed E-state index contributed by atoms with van der Waals surface area (Å²) in [7, 11) is 0. The summed E-state index contributed by atoms with van der Waals surface area (Å²) in [6.07, 6.45) is 8.52. The molecule has 24 heavy (non-hydrogen) atoms. The highest BCUT2D eigenvalue weighted by atomic mass is 35.5. The van der Waals surface area contributed by atoms with Crippen molar-refractivity contribution in [2.24, 2.45) is 0 Å². The molecule has 0 spiro atoms. The molecule has 4 rings (SSSR count). The molecule has 3 aromatic heterocycles. The van der Waals surface area contributed by atoms with Gasteiger partial charge in [0.1, 0.15) is 0 Å². The average molecular weight is 343 g/mol. The second-order valence-electron chi connectivity index (χ2n) is 6.23. The molecule has 1 aliphatic carbocycles.